The minimum Gasteiger partial charge on any atom is -0.349 e. The van der Waals surface area contributed by atoms with Gasteiger partial charge >= 0.3 is 0 Å². The molecule has 1 aliphatic rings. The van der Waals surface area contributed by atoms with Crippen LogP contribution in [0.25, 0.3) is 0 Å². The zero-order chi connectivity index (χ0) is 15.0. The molecule has 0 aliphatic heterocycles. The van der Waals surface area contributed by atoms with Crippen LogP contribution in [0.15, 0.2) is 36.7 Å². The molecule has 0 spiro atoms. The van der Waals surface area contributed by atoms with Gasteiger partial charge in [0, 0.05) is 24.5 Å². The van der Waals surface area contributed by atoms with Gasteiger partial charge in [-0.3, -0.25) is 10.1 Å². The number of nitro benzene ring substituents is 1. The van der Waals surface area contributed by atoms with Crippen molar-refractivity contribution in [2.75, 3.05) is 0 Å². The van der Waals surface area contributed by atoms with Crippen LogP contribution >= 0.6 is 0 Å². The number of benzene rings is 1. The van der Waals surface area contributed by atoms with E-state index < -0.39 is 10.7 Å². The van der Waals surface area contributed by atoms with E-state index in [-0.39, 0.29) is 18.3 Å². The second kappa shape index (κ2) is 5.29. The molecule has 6 heteroatoms. The lowest BCUT2D eigenvalue weighted by molar-refractivity contribution is -0.385. The number of nitro groups is 1. The summed E-state index contributed by atoms with van der Waals surface area (Å²) in [6.45, 7) is 0.255. The minimum atomic E-state index is -0.491. The molecule has 3 rings (SSSR count). The maximum atomic E-state index is 13.3. The van der Waals surface area contributed by atoms with Crippen molar-refractivity contribution in [3.05, 3.63) is 63.7 Å². The Hall–Kier alpha value is -2.21. The molecule has 1 fully saturated rings. The van der Waals surface area contributed by atoms with Crippen LogP contribution in [0, 0.1) is 21.8 Å². The van der Waals surface area contributed by atoms with E-state index in [1.165, 1.54) is 12.1 Å². The van der Waals surface area contributed by atoms with Gasteiger partial charge in [-0.1, -0.05) is 0 Å². The van der Waals surface area contributed by atoms with E-state index in [1.54, 1.807) is 4.57 Å². The molecule has 1 aromatic carbocycles. The van der Waals surface area contributed by atoms with Crippen LogP contribution in [-0.4, -0.2) is 9.49 Å². The molecule has 1 aromatic heterocycles. The molecule has 0 radical (unpaired) electrons. The van der Waals surface area contributed by atoms with Crippen molar-refractivity contribution in [3.8, 4) is 0 Å². The Morgan fingerprint density at radius 1 is 1.43 bits per heavy atom. The molecule has 1 saturated carbocycles. The number of nitrogens with zero attached hydrogens (tertiary/aromatic N) is 2. The molecule has 1 unspecified atom stereocenters. The van der Waals surface area contributed by atoms with Crippen molar-refractivity contribution in [2.24, 2.45) is 11.7 Å². The summed E-state index contributed by atoms with van der Waals surface area (Å²) in [4.78, 5) is 10.5. The summed E-state index contributed by atoms with van der Waals surface area (Å²) < 4.78 is 15.1. The van der Waals surface area contributed by atoms with Gasteiger partial charge in [0.2, 0.25) is 0 Å². The zero-order valence-electron chi connectivity index (χ0n) is 11.4. The maximum absolute atomic E-state index is 13.3. The van der Waals surface area contributed by atoms with Crippen LogP contribution < -0.4 is 5.73 Å². The Kier molecular flexibility index (Phi) is 3.47. The summed E-state index contributed by atoms with van der Waals surface area (Å²) in [6, 6.07) is 5.46. The summed E-state index contributed by atoms with van der Waals surface area (Å²) in [5.41, 5.74) is 7.43. The first-order chi connectivity index (χ1) is 10.0. The zero-order valence-corrected chi connectivity index (χ0v) is 11.4. The number of nitrogens with two attached hydrogens (primary N) is 1. The fraction of sp³-hybridized carbons (Fsp3) is 0.333. The van der Waals surface area contributed by atoms with E-state index >= 15 is 0 Å². The molecular formula is C15H16FN3O2. The second-order valence-electron chi connectivity index (χ2n) is 5.51. The standard InChI is InChI=1S/C15H16FN3O2/c16-13-3-4-14(19(20)21)12(7-13)9-18-6-5-11(8-18)15(17)10-1-2-10/h3-8,10,15H,1-2,9,17H2. The van der Waals surface area contributed by atoms with Crippen LogP contribution in [0.5, 0.6) is 0 Å². The van der Waals surface area contributed by atoms with Crippen molar-refractivity contribution in [2.45, 2.75) is 25.4 Å². The third kappa shape index (κ3) is 2.95. The summed E-state index contributed by atoms with van der Waals surface area (Å²) >= 11 is 0. The Balaban J connectivity index is 1.83. The minimum absolute atomic E-state index is 0.0220. The average molecular weight is 289 g/mol. The lowest BCUT2D eigenvalue weighted by atomic mass is 10.1. The van der Waals surface area contributed by atoms with Gasteiger partial charge in [-0.15, -0.1) is 0 Å². The smallest absolute Gasteiger partial charge is 0.274 e. The first kappa shape index (κ1) is 13.8. The van der Waals surface area contributed by atoms with E-state index in [9.17, 15) is 14.5 Å². The lowest BCUT2D eigenvalue weighted by Gasteiger charge is -2.08. The quantitative estimate of drug-likeness (QED) is 0.679. The van der Waals surface area contributed by atoms with Crippen molar-refractivity contribution in [3.63, 3.8) is 0 Å². The Labute approximate surface area is 121 Å². The third-order valence-electron chi connectivity index (χ3n) is 3.88. The highest BCUT2D eigenvalue weighted by Crippen LogP contribution is 2.39. The van der Waals surface area contributed by atoms with Gasteiger partial charge in [0.05, 0.1) is 17.0 Å². The first-order valence-corrected chi connectivity index (χ1v) is 6.88. The maximum Gasteiger partial charge on any atom is 0.274 e. The predicted octanol–water partition coefficient (Wildman–Crippen LogP) is 2.99. The van der Waals surface area contributed by atoms with Crippen LogP contribution in [0.3, 0.4) is 0 Å². The van der Waals surface area contributed by atoms with Crippen molar-refractivity contribution < 1.29 is 9.31 Å². The molecule has 1 atom stereocenters. The number of halogens is 1. The second-order valence-corrected chi connectivity index (χ2v) is 5.51. The monoisotopic (exact) mass is 289 g/mol. The fourth-order valence-electron chi connectivity index (χ4n) is 2.54. The summed E-state index contributed by atoms with van der Waals surface area (Å²) in [6.07, 6.45) is 6.02. The third-order valence-corrected chi connectivity index (χ3v) is 3.88. The number of rotatable bonds is 5. The molecule has 1 aliphatic carbocycles. The molecule has 0 saturated heterocycles. The Bertz CT molecular complexity index is 679. The van der Waals surface area contributed by atoms with Crippen molar-refractivity contribution >= 4 is 5.69 Å². The molecule has 0 bridgehead atoms. The van der Waals surface area contributed by atoms with E-state index in [2.05, 4.69) is 0 Å². The first-order valence-electron chi connectivity index (χ1n) is 6.88. The number of aromatic nitrogens is 1. The number of hydrogen-bond acceptors (Lipinski definition) is 3. The van der Waals surface area contributed by atoms with Gasteiger partial charge in [0.25, 0.3) is 5.69 Å². The molecule has 1 heterocycles. The van der Waals surface area contributed by atoms with Crippen LogP contribution in [0.4, 0.5) is 10.1 Å². The van der Waals surface area contributed by atoms with Gasteiger partial charge in [-0.05, 0) is 42.5 Å². The Morgan fingerprint density at radius 2 is 2.19 bits per heavy atom. The van der Waals surface area contributed by atoms with E-state index in [4.69, 9.17) is 5.73 Å². The highest BCUT2D eigenvalue weighted by atomic mass is 19.1. The van der Waals surface area contributed by atoms with Crippen molar-refractivity contribution in [1.29, 1.82) is 0 Å². The number of hydrogen-bond donors (Lipinski definition) is 1. The molecular weight excluding hydrogens is 273 g/mol. The molecule has 2 aromatic rings. The van der Waals surface area contributed by atoms with Gasteiger partial charge in [-0.2, -0.15) is 0 Å². The van der Waals surface area contributed by atoms with E-state index in [0.29, 0.717) is 11.5 Å². The average Bonchev–Trinajstić information content (AvgIpc) is 3.18. The molecule has 21 heavy (non-hydrogen) atoms. The highest BCUT2D eigenvalue weighted by molar-refractivity contribution is 5.40. The summed E-state index contributed by atoms with van der Waals surface area (Å²) in [7, 11) is 0. The lowest BCUT2D eigenvalue weighted by Crippen LogP contribution is -2.11. The molecule has 5 nitrogen and oxygen atoms in total. The normalized spacial score (nSPS) is 15.9. The predicted molar refractivity (Wildman–Crippen MR) is 76.2 cm³/mol. The fourth-order valence-corrected chi connectivity index (χ4v) is 2.54. The van der Waals surface area contributed by atoms with Gasteiger partial charge in [0.15, 0.2) is 0 Å². The van der Waals surface area contributed by atoms with Crippen molar-refractivity contribution in [1.82, 2.24) is 4.57 Å². The largest absolute Gasteiger partial charge is 0.349 e. The van der Waals surface area contributed by atoms with E-state index in [1.807, 2.05) is 18.5 Å². The topological polar surface area (TPSA) is 74.1 Å². The van der Waals surface area contributed by atoms with Gasteiger partial charge in [0.1, 0.15) is 5.82 Å². The Morgan fingerprint density at radius 3 is 2.86 bits per heavy atom. The molecule has 110 valence electrons. The highest BCUT2D eigenvalue weighted by Gasteiger charge is 2.29. The van der Waals surface area contributed by atoms with Crippen LogP contribution in [-0.2, 0) is 6.54 Å². The SMILES string of the molecule is NC(c1ccn(Cc2cc(F)ccc2[N+](=O)[O-])c1)C1CC1. The van der Waals surface area contributed by atoms with Gasteiger partial charge in [-0.25, -0.2) is 4.39 Å². The summed E-state index contributed by atoms with van der Waals surface area (Å²) in [5.74, 6) is 0.0713. The molecule has 0 amide bonds. The molecule has 2 N–H and O–H groups in total. The van der Waals surface area contributed by atoms with E-state index in [0.717, 1.165) is 24.5 Å². The van der Waals surface area contributed by atoms with Crippen LogP contribution in [0.1, 0.15) is 30.0 Å². The van der Waals surface area contributed by atoms with Gasteiger partial charge < -0.3 is 10.3 Å². The van der Waals surface area contributed by atoms with Crippen LogP contribution in [0.2, 0.25) is 0 Å². The summed E-state index contributed by atoms with van der Waals surface area (Å²) in [5, 5.41) is 11.0.